The van der Waals surface area contributed by atoms with E-state index in [4.69, 9.17) is 23.8 Å². The van der Waals surface area contributed by atoms with Crippen LogP contribution in [0.15, 0.2) is 54.9 Å². The van der Waals surface area contributed by atoms with Crippen molar-refractivity contribution in [3.63, 3.8) is 0 Å². The molecule has 0 spiro atoms. The summed E-state index contributed by atoms with van der Waals surface area (Å²) in [5.74, 6) is 2.66. The van der Waals surface area contributed by atoms with Crippen LogP contribution in [0, 0.1) is 0 Å². The fourth-order valence-electron chi connectivity index (χ4n) is 4.97. The van der Waals surface area contributed by atoms with Gasteiger partial charge in [0, 0.05) is 18.2 Å². The molecule has 1 aliphatic carbocycles. The first-order chi connectivity index (χ1) is 19.5. The molecule has 10 nitrogen and oxygen atoms in total. The van der Waals surface area contributed by atoms with Crippen LogP contribution in [-0.4, -0.2) is 44.2 Å². The monoisotopic (exact) mass is 565 g/mol. The van der Waals surface area contributed by atoms with Crippen LogP contribution in [0.4, 0.5) is 11.5 Å². The van der Waals surface area contributed by atoms with Gasteiger partial charge < -0.3 is 28.8 Å². The van der Waals surface area contributed by atoms with Gasteiger partial charge in [-0.15, -0.1) is 0 Å². The highest BCUT2D eigenvalue weighted by Crippen LogP contribution is 2.48. The van der Waals surface area contributed by atoms with Gasteiger partial charge in [0.1, 0.15) is 17.3 Å². The summed E-state index contributed by atoms with van der Waals surface area (Å²) in [6.45, 7) is 4.79. The lowest BCUT2D eigenvalue weighted by atomic mass is 10.1. The van der Waals surface area contributed by atoms with Gasteiger partial charge in [0.25, 0.3) is 0 Å². The summed E-state index contributed by atoms with van der Waals surface area (Å²) < 4.78 is 31.1. The zero-order valence-electron chi connectivity index (χ0n) is 23.0. The van der Waals surface area contributed by atoms with Crippen molar-refractivity contribution < 1.29 is 23.5 Å². The summed E-state index contributed by atoms with van der Waals surface area (Å²) in [5, 5.41) is 13.2. The molecule has 0 saturated heterocycles. The molecular weight excluding hydrogens is 529 g/mol. The number of anilines is 2. The van der Waals surface area contributed by atoms with E-state index in [0.29, 0.717) is 29.5 Å². The van der Waals surface area contributed by atoms with E-state index in [0.717, 1.165) is 42.0 Å². The summed E-state index contributed by atoms with van der Waals surface area (Å²) >= 11 is 0. The minimum Gasteiger partial charge on any atom is -0.508 e. The molecule has 1 aliphatic rings. The number of aryl methyl sites for hydroxylation is 2. The highest BCUT2D eigenvalue weighted by atomic mass is 31.2. The number of phenols is 1. The van der Waals surface area contributed by atoms with Gasteiger partial charge in [-0.1, -0.05) is 25.0 Å². The normalized spacial score (nSPS) is 14.2. The van der Waals surface area contributed by atoms with Crippen molar-refractivity contribution in [2.45, 2.75) is 58.4 Å². The molecule has 40 heavy (non-hydrogen) atoms. The van der Waals surface area contributed by atoms with Crippen LogP contribution in [0.3, 0.4) is 0 Å². The Morgan fingerprint density at radius 2 is 1.80 bits per heavy atom. The third-order valence-electron chi connectivity index (χ3n) is 6.91. The highest BCUT2D eigenvalue weighted by molar-refractivity contribution is 7.53. The van der Waals surface area contributed by atoms with Crippen molar-refractivity contribution in [1.82, 2.24) is 19.5 Å². The number of benzene rings is 2. The first kappa shape index (κ1) is 28.1. The molecule has 4 aromatic rings. The molecule has 1 fully saturated rings. The van der Waals surface area contributed by atoms with E-state index in [-0.39, 0.29) is 25.3 Å². The van der Waals surface area contributed by atoms with Crippen molar-refractivity contribution in [1.29, 1.82) is 0 Å². The van der Waals surface area contributed by atoms with Gasteiger partial charge in [-0.3, -0.25) is 4.57 Å². The zero-order valence-corrected chi connectivity index (χ0v) is 23.8. The maximum Gasteiger partial charge on any atom is 0.367 e. The van der Waals surface area contributed by atoms with E-state index >= 15 is 0 Å². The van der Waals surface area contributed by atoms with Crippen LogP contribution in [0.2, 0.25) is 0 Å². The Bertz CT molecular complexity index is 1460. The molecule has 0 atom stereocenters. The maximum absolute atomic E-state index is 12.7. The number of fused-ring (bicyclic) bond motifs is 1. The second-order valence-corrected chi connectivity index (χ2v) is 11.8. The Balaban J connectivity index is 1.35. The van der Waals surface area contributed by atoms with E-state index in [1.807, 2.05) is 24.3 Å². The fourth-order valence-corrected chi connectivity index (χ4v) is 6.29. The summed E-state index contributed by atoms with van der Waals surface area (Å²) in [6.07, 6.45) is 6.94. The smallest absolute Gasteiger partial charge is 0.367 e. The molecule has 212 valence electrons. The number of nitrogens with zero attached hydrogens (tertiary/aromatic N) is 4. The van der Waals surface area contributed by atoms with Gasteiger partial charge >= 0.3 is 7.60 Å². The van der Waals surface area contributed by atoms with E-state index in [1.165, 1.54) is 12.8 Å². The zero-order chi connectivity index (χ0) is 28.0. The topological polar surface area (TPSA) is 121 Å². The Morgan fingerprint density at radius 3 is 2.50 bits per heavy atom. The molecular formula is C29H36N5O5P. The number of phenolic OH excluding ortho intramolecular Hbond substituents is 1. The minimum atomic E-state index is -3.30. The summed E-state index contributed by atoms with van der Waals surface area (Å²) in [7, 11) is -3.30. The lowest BCUT2D eigenvalue weighted by Crippen LogP contribution is -2.08. The molecule has 0 amide bonds. The summed E-state index contributed by atoms with van der Waals surface area (Å²) in [6, 6.07) is 14.7. The van der Waals surface area contributed by atoms with Gasteiger partial charge in [0.05, 0.1) is 19.5 Å². The molecule has 1 saturated carbocycles. The van der Waals surface area contributed by atoms with Crippen molar-refractivity contribution in [3.05, 3.63) is 66.2 Å². The molecule has 0 aliphatic heterocycles. The molecule has 0 unspecified atom stereocenters. The minimum absolute atomic E-state index is 0.154. The van der Waals surface area contributed by atoms with Gasteiger partial charge in [-0.25, -0.2) is 15.0 Å². The predicted molar refractivity (Wildman–Crippen MR) is 154 cm³/mol. The van der Waals surface area contributed by atoms with Gasteiger partial charge in [0.15, 0.2) is 23.3 Å². The molecule has 11 heteroatoms. The van der Waals surface area contributed by atoms with Crippen LogP contribution in [0.25, 0.3) is 11.2 Å². The second-order valence-electron chi connectivity index (χ2n) is 9.81. The average Bonchev–Trinajstić information content (AvgIpc) is 3.63. The number of nitrogens with one attached hydrogen (secondary N) is 1. The number of imidazole rings is 1. The molecule has 5 rings (SSSR count). The third-order valence-corrected chi connectivity index (χ3v) is 8.66. The van der Waals surface area contributed by atoms with Crippen molar-refractivity contribution >= 4 is 30.3 Å². The number of aromatic nitrogens is 4. The molecule has 2 aromatic heterocycles. The number of rotatable bonds is 13. The highest BCUT2D eigenvalue weighted by Gasteiger charge is 2.25. The Labute approximate surface area is 234 Å². The molecule has 2 heterocycles. The summed E-state index contributed by atoms with van der Waals surface area (Å²) in [5.41, 5.74) is 3.36. The lowest BCUT2D eigenvalue weighted by molar-refractivity contribution is 0.197. The largest absolute Gasteiger partial charge is 0.508 e. The quantitative estimate of drug-likeness (QED) is 0.169. The Hall–Kier alpha value is -3.46. The standard InChI is InChI=1S/C29H36N5O5P/c1-3-38-40(36,39-4-2)20-37-25-14-12-23(13-15-25)31-28-26-29(33-27(32-28)22-9-5-6-10-22)34(19-30-26)17-16-21-8-7-11-24(35)18-21/h7-8,11-15,18-19,22,35H,3-6,9-10,16-17,20H2,1-2H3,(H,31,32,33). The van der Waals surface area contributed by atoms with Crippen molar-refractivity contribution in [3.8, 4) is 11.5 Å². The van der Waals surface area contributed by atoms with Crippen LogP contribution in [0.5, 0.6) is 11.5 Å². The SMILES string of the molecule is CCOP(=O)(COc1ccc(Nc2nc(C3CCCC3)nc3c2ncn3CCc2cccc(O)c2)cc1)OCC. The first-order valence-corrected chi connectivity index (χ1v) is 15.6. The fraction of sp³-hybridized carbons (Fsp3) is 0.414. The number of hydrogen-bond acceptors (Lipinski definition) is 9. The van der Waals surface area contributed by atoms with Gasteiger partial charge in [0.2, 0.25) is 0 Å². The van der Waals surface area contributed by atoms with Crippen molar-refractivity contribution in [2.75, 3.05) is 24.9 Å². The summed E-state index contributed by atoms with van der Waals surface area (Å²) in [4.78, 5) is 14.6. The average molecular weight is 566 g/mol. The van der Waals surface area contributed by atoms with Gasteiger partial charge in [-0.05, 0) is 75.1 Å². The molecule has 2 N–H and O–H groups in total. The van der Waals surface area contributed by atoms with Crippen LogP contribution in [-0.2, 0) is 26.6 Å². The Morgan fingerprint density at radius 1 is 1.05 bits per heavy atom. The molecule has 2 aromatic carbocycles. The maximum atomic E-state index is 12.7. The van der Waals surface area contributed by atoms with E-state index < -0.39 is 7.60 Å². The van der Waals surface area contributed by atoms with E-state index in [2.05, 4.69) is 14.9 Å². The number of aromatic hydroxyl groups is 1. The Kier molecular flexibility index (Phi) is 8.99. The van der Waals surface area contributed by atoms with E-state index in [9.17, 15) is 9.67 Å². The van der Waals surface area contributed by atoms with Gasteiger partial charge in [-0.2, -0.15) is 0 Å². The second kappa shape index (κ2) is 12.8. The molecule has 0 radical (unpaired) electrons. The van der Waals surface area contributed by atoms with Crippen LogP contribution < -0.4 is 10.1 Å². The number of ether oxygens (including phenoxy) is 1. The van der Waals surface area contributed by atoms with Crippen LogP contribution >= 0.6 is 7.60 Å². The van der Waals surface area contributed by atoms with Crippen LogP contribution in [0.1, 0.15) is 56.8 Å². The molecule has 0 bridgehead atoms. The predicted octanol–water partition coefficient (Wildman–Crippen LogP) is 6.78. The van der Waals surface area contributed by atoms with E-state index in [1.54, 1.807) is 44.4 Å². The van der Waals surface area contributed by atoms with Crippen molar-refractivity contribution in [2.24, 2.45) is 0 Å². The first-order valence-electron chi connectivity index (χ1n) is 13.8. The lowest BCUT2D eigenvalue weighted by Gasteiger charge is -2.17. The number of hydrogen-bond donors (Lipinski definition) is 2. The third kappa shape index (κ3) is 6.81.